The Hall–Kier alpha value is -1.66. The van der Waals surface area contributed by atoms with Crippen molar-refractivity contribution in [3.8, 4) is 0 Å². The Bertz CT molecular complexity index is 386. The number of nitrogens with zero attached hydrogens (tertiary/aromatic N) is 1. The maximum Gasteiger partial charge on any atom is 0.322 e. The summed E-state index contributed by atoms with van der Waals surface area (Å²) in [4.78, 5) is 13.0. The summed E-state index contributed by atoms with van der Waals surface area (Å²) in [5, 5.41) is 20.1. The molecule has 100 valence electrons. The summed E-state index contributed by atoms with van der Waals surface area (Å²) in [7, 11) is 0. The smallest absolute Gasteiger partial charge is 0.322 e. The number of benzene rings is 1. The van der Waals surface area contributed by atoms with E-state index in [0.29, 0.717) is 11.3 Å². The molecular formula is C12H17FN2O3. The van der Waals surface area contributed by atoms with Crippen molar-refractivity contribution >= 4 is 11.7 Å². The highest BCUT2D eigenvalue weighted by atomic mass is 19.1. The number of aliphatic hydroxyl groups is 2. The number of nitrogens with one attached hydrogen (secondary N) is 1. The second kappa shape index (κ2) is 6.93. The number of halogens is 1. The van der Waals surface area contributed by atoms with Crippen LogP contribution in [0, 0.1) is 12.7 Å². The number of aryl methyl sites for hydroxylation is 1. The van der Waals surface area contributed by atoms with Gasteiger partial charge in [-0.2, -0.15) is 0 Å². The van der Waals surface area contributed by atoms with Gasteiger partial charge in [0, 0.05) is 18.8 Å². The number of carbonyl (C=O) groups excluding carboxylic acids is 1. The van der Waals surface area contributed by atoms with E-state index < -0.39 is 11.8 Å². The summed E-state index contributed by atoms with van der Waals surface area (Å²) >= 11 is 0. The molecule has 0 saturated heterocycles. The predicted octanol–water partition coefficient (Wildman–Crippen LogP) is 0.953. The number of amides is 2. The minimum Gasteiger partial charge on any atom is -0.395 e. The molecule has 0 heterocycles. The molecule has 0 aromatic heterocycles. The van der Waals surface area contributed by atoms with Gasteiger partial charge in [0.15, 0.2) is 0 Å². The monoisotopic (exact) mass is 256 g/mol. The fraction of sp³-hybridized carbons (Fsp3) is 0.417. The first-order chi connectivity index (χ1) is 8.56. The molecule has 6 heteroatoms. The van der Waals surface area contributed by atoms with Crippen molar-refractivity contribution in [2.75, 3.05) is 31.6 Å². The van der Waals surface area contributed by atoms with E-state index in [1.165, 1.54) is 17.0 Å². The first-order valence-corrected chi connectivity index (χ1v) is 5.61. The largest absolute Gasteiger partial charge is 0.395 e. The first kappa shape index (κ1) is 14.4. The van der Waals surface area contributed by atoms with Gasteiger partial charge in [-0.3, -0.25) is 0 Å². The molecule has 1 aromatic rings. The van der Waals surface area contributed by atoms with Crippen LogP contribution in [-0.2, 0) is 0 Å². The summed E-state index contributed by atoms with van der Waals surface area (Å²) in [6.45, 7) is 1.55. The van der Waals surface area contributed by atoms with Crippen molar-refractivity contribution in [1.29, 1.82) is 0 Å². The molecule has 1 rings (SSSR count). The third-order valence-electron chi connectivity index (χ3n) is 2.32. The molecule has 1 aromatic carbocycles. The molecule has 0 saturated carbocycles. The third kappa shape index (κ3) is 4.31. The van der Waals surface area contributed by atoms with E-state index in [4.69, 9.17) is 10.2 Å². The van der Waals surface area contributed by atoms with Crippen LogP contribution in [0.4, 0.5) is 14.9 Å². The van der Waals surface area contributed by atoms with Crippen LogP contribution in [0.25, 0.3) is 0 Å². The zero-order valence-electron chi connectivity index (χ0n) is 10.2. The standard InChI is InChI=1S/C12H17FN2O3/c1-9-6-10(13)8-11(7-9)14-12(18)15(2-4-16)3-5-17/h6-8,16-17H,2-5H2,1H3,(H,14,18). The number of urea groups is 1. The van der Waals surface area contributed by atoms with Gasteiger partial charge < -0.3 is 20.4 Å². The number of aliphatic hydroxyl groups excluding tert-OH is 2. The average Bonchev–Trinajstić information content (AvgIpc) is 2.27. The van der Waals surface area contributed by atoms with Gasteiger partial charge in [-0.25, -0.2) is 9.18 Å². The maximum absolute atomic E-state index is 13.1. The van der Waals surface area contributed by atoms with Gasteiger partial charge in [-0.15, -0.1) is 0 Å². The number of anilines is 1. The Kier molecular flexibility index (Phi) is 5.54. The molecule has 0 spiro atoms. The molecule has 0 aliphatic heterocycles. The summed E-state index contributed by atoms with van der Waals surface area (Å²) in [6.07, 6.45) is 0. The summed E-state index contributed by atoms with van der Waals surface area (Å²) in [6, 6.07) is 3.72. The van der Waals surface area contributed by atoms with Crippen LogP contribution in [0.15, 0.2) is 18.2 Å². The van der Waals surface area contributed by atoms with Crippen LogP contribution >= 0.6 is 0 Å². The normalized spacial score (nSPS) is 10.2. The summed E-state index contributed by atoms with van der Waals surface area (Å²) < 4.78 is 13.1. The van der Waals surface area contributed by atoms with E-state index in [1.54, 1.807) is 13.0 Å². The Morgan fingerprint density at radius 1 is 1.28 bits per heavy atom. The topological polar surface area (TPSA) is 72.8 Å². The minimum atomic E-state index is -0.483. The highest BCUT2D eigenvalue weighted by molar-refractivity contribution is 5.89. The van der Waals surface area contributed by atoms with Crippen LogP contribution in [0.2, 0.25) is 0 Å². The summed E-state index contributed by atoms with van der Waals surface area (Å²) in [5.74, 6) is -0.429. The SMILES string of the molecule is Cc1cc(F)cc(NC(=O)N(CCO)CCO)c1. The van der Waals surface area contributed by atoms with Crippen LogP contribution in [0.3, 0.4) is 0 Å². The van der Waals surface area contributed by atoms with Gasteiger partial charge in [-0.05, 0) is 30.7 Å². The third-order valence-corrected chi connectivity index (χ3v) is 2.32. The molecule has 0 unspecified atom stereocenters. The minimum absolute atomic E-state index is 0.112. The van der Waals surface area contributed by atoms with Gasteiger partial charge in [0.2, 0.25) is 0 Å². The van der Waals surface area contributed by atoms with Crippen LogP contribution in [0.5, 0.6) is 0 Å². The molecule has 0 aliphatic carbocycles. The van der Waals surface area contributed by atoms with Crippen LogP contribution < -0.4 is 5.32 Å². The Morgan fingerprint density at radius 2 is 1.89 bits per heavy atom. The lowest BCUT2D eigenvalue weighted by molar-refractivity contribution is 0.167. The highest BCUT2D eigenvalue weighted by Crippen LogP contribution is 2.13. The van der Waals surface area contributed by atoms with E-state index in [-0.39, 0.29) is 26.3 Å². The molecule has 18 heavy (non-hydrogen) atoms. The van der Waals surface area contributed by atoms with E-state index in [9.17, 15) is 9.18 Å². The van der Waals surface area contributed by atoms with Crippen molar-refractivity contribution in [3.05, 3.63) is 29.6 Å². The van der Waals surface area contributed by atoms with Gasteiger partial charge in [0.05, 0.1) is 13.2 Å². The van der Waals surface area contributed by atoms with Crippen molar-refractivity contribution in [1.82, 2.24) is 4.90 Å². The fourth-order valence-corrected chi connectivity index (χ4v) is 1.57. The Balaban J connectivity index is 2.72. The van der Waals surface area contributed by atoms with Gasteiger partial charge in [-0.1, -0.05) is 0 Å². The number of hydrogen-bond donors (Lipinski definition) is 3. The fourth-order valence-electron chi connectivity index (χ4n) is 1.57. The van der Waals surface area contributed by atoms with Crippen LogP contribution in [-0.4, -0.2) is 47.4 Å². The number of carbonyl (C=O) groups is 1. The van der Waals surface area contributed by atoms with Crippen molar-refractivity contribution in [2.45, 2.75) is 6.92 Å². The molecule has 2 amide bonds. The van der Waals surface area contributed by atoms with Crippen molar-refractivity contribution in [3.63, 3.8) is 0 Å². The summed E-state index contributed by atoms with van der Waals surface area (Å²) in [5.41, 5.74) is 1.04. The quantitative estimate of drug-likeness (QED) is 0.734. The van der Waals surface area contributed by atoms with E-state index >= 15 is 0 Å². The zero-order chi connectivity index (χ0) is 13.5. The van der Waals surface area contributed by atoms with E-state index in [0.717, 1.165) is 0 Å². The van der Waals surface area contributed by atoms with Gasteiger partial charge in [0.25, 0.3) is 0 Å². The highest BCUT2D eigenvalue weighted by Gasteiger charge is 2.12. The number of hydrogen-bond acceptors (Lipinski definition) is 3. The average molecular weight is 256 g/mol. The van der Waals surface area contributed by atoms with E-state index in [1.807, 2.05) is 0 Å². The number of rotatable bonds is 5. The lowest BCUT2D eigenvalue weighted by Crippen LogP contribution is -2.38. The lowest BCUT2D eigenvalue weighted by Gasteiger charge is -2.21. The van der Waals surface area contributed by atoms with E-state index in [2.05, 4.69) is 5.32 Å². The molecule has 3 N–H and O–H groups in total. The maximum atomic E-state index is 13.1. The van der Waals surface area contributed by atoms with Crippen molar-refractivity contribution in [2.24, 2.45) is 0 Å². The molecular weight excluding hydrogens is 239 g/mol. The first-order valence-electron chi connectivity index (χ1n) is 5.61. The Morgan fingerprint density at radius 3 is 2.39 bits per heavy atom. The van der Waals surface area contributed by atoms with Gasteiger partial charge >= 0.3 is 6.03 Å². The molecule has 0 atom stereocenters. The molecule has 0 bridgehead atoms. The zero-order valence-corrected chi connectivity index (χ0v) is 10.2. The van der Waals surface area contributed by atoms with Crippen LogP contribution in [0.1, 0.15) is 5.56 Å². The lowest BCUT2D eigenvalue weighted by atomic mass is 10.2. The van der Waals surface area contributed by atoms with Gasteiger partial charge in [0.1, 0.15) is 5.82 Å². The van der Waals surface area contributed by atoms with Crippen molar-refractivity contribution < 1.29 is 19.4 Å². The molecule has 5 nitrogen and oxygen atoms in total. The second-order valence-electron chi connectivity index (χ2n) is 3.88. The molecule has 0 fully saturated rings. The Labute approximate surface area is 105 Å². The predicted molar refractivity (Wildman–Crippen MR) is 65.9 cm³/mol. The molecule has 0 radical (unpaired) electrons. The molecule has 0 aliphatic rings. The second-order valence-corrected chi connectivity index (χ2v) is 3.88.